The summed E-state index contributed by atoms with van der Waals surface area (Å²) < 4.78 is 1.64. The van der Waals surface area contributed by atoms with Crippen LogP contribution < -0.4 is 0 Å². The summed E-state index contributed by atoms with van der Waals surface area (Å²) in [7, 11) is 0. The van der Waals surface area contributed by atoms with E-state index in [0.717, 1.165) is 5.56 Å². The molecule has 0 aliphatic carbocycles. The summed E-state index contributed by atoms with van der Waals surface area (Å²) in [5.74, 6) is 0.751. The first-order chi connectivity index (χ1) is 10.1. The van der Waals surface area contributed by atoms with Crippen LogP contribution in [0.25, 0.3) is 16.9 Å². The number of halogens is 1. The Bertz CT molecular complexity index is 806. The summed E-state index contributed by atoms with van der Waals surface area (Å²) in [5, 5.41) is 3.71. The molecule has 0 radical (unpaired) electrons. The maximum atomic E-state index is 11.2. The van der Waals surface area contributed by atoms with Gasteiger partial charge in [-0.15, -0.1) is 4.91 Å². The van der Waals surface area contributed by atoms with E-state index in [1.54, 1.807) is 22.7 Å². The number of hydrogen-bond acceptors (Lipinski definition) is 3. The van der Waals surface area contributed by atoms with Crippen LogP contribution in [0.5, 0.6) is 0 Å². The van der Waals surface area contributed by atoms with Crippen LogP contribution in [0.3, 0.4) is 0 Å². The number of imidazole rings is 1. The smallest absolute Gasteiger partial charge is 0.209 e. The van der Waals surface area contributed by atoms with E-state index in [2.05, 4.69) is 24.0 Å². The Hall–Kier alpha value is -2.20. The third kappa shape index (κ3) is 2.43. The van der Waals surface area contributed by atoms with Crippen molar-refractivity contribution >= 4 is 23.1 Å². The summed E-state index contributed by atoms with van der Waals surface area (Å²) >= 11 is 5.96. The molecule has 1 aromatic carbocycles. The van der Waals surface area contributed by atoms with Crippen LogP contribution in [0.4, 0.5) is 5.82 Å². The van der Waals surface area contributed by atoms with Gasteiger partial charge in [-0.1, -0.05) is 49.7 Å². The van der Waals surface area contributed by atoms with Crippen molar-refractivity contribution in [1.82, 2.24) is 9.38 Å². The molecule has 0 N–H and O–H groups in total. The Morgan fingerprint density at radius 3 is 2.52 bits per heavy atom. The average molecular weight is 300 g/mol. The lowest BCUT2D eigenvalue weighted by Crippen LogP contribution is -1.87. The van der Waals surface area contributed by atoms with E-state index in [0.29, 0.717) is 28.1 Å². The zero-order valence-electron chi connectivity index (χ0n) is 11.7. The summed E-state index contributed by atoms with van der Waals surface area (Å²) in [6.07, 6.45) is 1.70. The van der Waals surface area contributed by atoms with Gasteiger partial charge in [0.05, 0.1) is 0 Å². The molecular weight excluding hydrogens is 286 g/mol. The van der Waals surface area contributed by atoms with Crippen molar-refractivity contribution in [2.45, 2.75) is 19.8 Å². The van der Waals surface area contributed by atoms with Gasteiger partial charge in [-0.2, -0.15) is 0 Å². The van der Waals surface area contributed by atoms with E-state index in [1.807, 2.05) is 24.3 Å². The minimum Gasteiger partial charge on any atom is -0.281 e. The predicted molar refractivity (Wildman–Crippen MR) is 85.2 cm³/mol. The molecule has 0 aliphatic heterocycles. The van der Waals surface area contributed by atoms with Gasteiger partial charge in [-0.25, -0.2) is 4.98 Å². The Morgan fingerprint density at radius 2 is 1.90 bits per heavy atom. The first kappa shape index (κ1) is 13.8. The van der Waals surface area contributed by atoms with Crippen molar-refractivity contribution in [1.29, 1.82) is 0 Å². The molecule has 0 unspecified atom stereocenters. The molecule has 0 aliphatic rings. The SMILES string of the molecule is CC(C)c1ccc(-c2nc3cc(Cl)ccn3c2N=O)cc1. The highest BCUT2D eigenvalue weighted by Crippen LogP contribution is 2.32. The molecule has 0 bridgehead atoms. The summed E-state index contributed by atoms with van der Waals surface area (Å²) in [5.41, 5.74) is 3.29. The van der Waals surface area contributed by atoms with E-state index in [4.69, 9.17) is 11.6 Å². The number of fused-ring (bicyclic) bond motifs is 1. The Balaban J connectivity index is 2.17. The van der Waals surface area contributed by atoms with Crippen molar-refractivity contribution in [3.05, 3.63) is 58.1 Å². The van der Waals surface area contributed by atoms with Crippen LogP contribution in [0, 0.1) is 4.91 Å². The van der Waals surface area contributed by atoms with E-state index >= 15 is 0 Å². The van der Waals surface area contributed by atoms with Gasteiger partial charge in [-0.3, -0.25) is 4.40 Å². The van der Waals surface area contributed by atoms with Crippen LogP contribution in [0.2, 0.25) is 5.02 Å². The largest absolute Gasteiger partial charge is 0.281 e. The minimum absolute atomic E-state index is 0.291. The van der Waals surface area contributed by atoms with Gasteiger partial charge in [0.25, 0.3) is 0 Å². The number of rotatable bonds is 3. The first-order valence-corrected chi connectivity index (χ1v) is 7.09. The fraction of sp³-hybridized carbons (Fsp3) is 0.188. The minimum atomic E-state index is 0.291. The first-order valence-electron chi connectivity index (χ1n) is 6.71. The van der Waals surface area contributed by atoms with Crippen molar-refractivity contribution < 1.29 is 0 Å². The zero-order chi connectivity index (χ0) is 15.0. The number of nitroso groups, excluding NO2 is 1. The monoisotopic (exact) mass is 299 g/mol. The maximum Gasteiger partial charge on any atom is 0.209 e. The molecule has 3 rings (SSSR count). The number of hydrogen-bond donors (Lipinski definition) is 0. The molecule has 0 fully saturated rings. The summed E-state index contributed by atoms with van der Waals surface area (Å²) in [6.45, 7) is 4.28. The Labute approximate surface area is 127 Å². The van der Waals surface area contributed by atoms with Crippen LogP contribution in [-0.4, -0.2) is 9.38 Å². The molecule has 2 heterocycles. The predicted octanol–water partition coefficient (Wildman–Crippen LogP) is 5.18. The van der Waals surface area contributed by atoms with Crippen molar-refractivity contribution in [2.75, 3.05) is 0 Å². The molecule has 3 aromatic rings. The molecule has 2 aromatic heterocycles. The van der Waals surface area contributed by atoms with E-state index < -0.39 is 0 Å². The summed E-state index contributed by atoms with van der Waals surface area (Å²) in [4.78, 5) is 15.7. The highest BCUT2D eigenvalue weighted by molar-refractivity contribution is 6.30. The van der Waals surface area contributed by atoms with Gasteiger partial charge in [0.2, 0.25) is 5.82 Å². The molecular formula is C16H14ClN3O. The van der Waals surface area contributed by atoms with Gasteiger partial charge in [0.15, 0.2) is 0 Å². The van der Waals surface area contributed by atoms with Crippen LogP contribution >= 0.6 is 11.6 Å². The van der Waals surface area contributed by atoms with Crippen molar-refractivity contribution in [2.24, 2.45) is 5.18 Å². The third-order valence-corrected chi connectivity index (χ3v) is 3.74. The second kappa shape index (κ2) is 5.30. The standard InChI is InChI=1S/C16H14ClN3O/c1-10(2)11-3-5-12(6-4-11)15-16(19-21)20-8-7-13(17)9-14(20)18-15/h3-10H,1-2H3. The van der Waals surface area contributed by atoms with E-state index in [1.165, 1.54) is 5.56 Å². The van der Waals surface area contributed by atoms with Gasteiger partial charge < -0.3 is 0 Å². The molecule has 5 heteroatoms. The molecule has 106 valence electrons. The molecule has 0 amide bonds. The van der Waals surface area contributed by atoms with Gasteiger partial charge in [0, 0.05) is 22.8 Å². The number of pyridine rings is 1. The van der Waals surface area contributed by atoms with Gasteiger partial charge >= 0.3 is 0 Å². The van der Waals surface area contributed by atoms with E-state index in [9.17, 15) is 4.91 Å². The molecule has 0 spiro atoms. The Kier molecular flexibility index (Phi) is 3.47. The van der Waals surface area contributed by atoms with Gasteiger partial charge in [0.1, 0.15) is 11.3 Å². The lowest BCUT2D eigenvalue weighted by molar-refractivity contribution is 0.867. The van der Waals surface area contributed by atoms with Crippen molar-refractivity contribution in [3.63, 3.8) is 0 Å². The third-order valence-electron chi connectivity index (χ3n) is 3.50. The second-order valence-electron chi connectivity index (χ2n) is 5.23. The maximum absolute atomic E-state index is 11.2. The molecule has 0 saturated heterocycles. The highest BCUT2D eigenvalue weighted by Gasteiger charge is 2.15. The Morgan fingerprint density at radius 1 is 1.19 bits per heavy atom. The van der Waals surface area contributed by atoms with Crippen LogP contribution in [0.1, 0.15) is 25.3 Å². The number of nitrogens with zero attached hydrogens (tertiary/aromatic N) is 3. The van der Waals surface area contributed by atoms with E-state index in [-0.39, 0.29) is 0 Å². The fourth-order valence-corrected chi connectivity index (χ4v) is 2.47. The molecule has 0 saturated carbocycles. The molecule has 21 heavy (non-hydrogen) atoms. The van der Waals surface area contributed by atoms with Crippen LogP contribution in [0.15, 0.2) is 47.8 Å². The number of benzene rings is 1. The lowest BCUT2D eigenvalue weighted by atomic mass is 10.0. The molecule has 4 nitrogen and oxygen atoms in total. The summed E-state index contributed by atoms with van der Waals surface area (Å²) in [6, 6.07) is 11.4. The number of aromatic nitrogens is 2. The fourth-order valence-electron chi connectivity index (χ4n) is 2.31. The van der Waals surface area contributed by atoms with Crippen molar-refractivity contribution in [3.8, 4) is 11.3 Å². The normalized spacial score (nSPS) is 11.2. The van der Waals surface area contributed by atoms with Gasteiger partial charge in [-0.05, 0) is 22.7 Å². The van der Waals surface area contributed by atoms with Crippen LogP contribution in [-0.2, 0) is 0 Å². The topological polar surface area (TPSA) is 46.7 Å². The second-order valence-corrected chi connectivity index (χ2v) is 5.66. The molecule has 0 atom stereocenters. The zero-order valence-corrected chi connectivity index (χ0v) is 12.5. The quantitative estimate of drug-likeness (QED) is 0.626. The lowest BCUT2D eigenvalue weighted by Gasteiger charge is -2.05. The highest BCUT2D eigenvalue weighted by atomic mass is 35.5. The average Bonchev–Trinajstić information content (AvgIpc) is 2.84.